The number of halogens is 1. The molecule has 36 heavy (non-hydrogen) atoms. The Morgan fingerprint density at radius 3 is 2.31 bits per heavy atom. The van der Waals surface area contributed by atoms with Crippen LogP contribution in [0.2, 0.25) is 0 Å². The largest absolute Gasteiger partial charge is 1.00 e. The molecule has 2 aromatic carbocycles. The highest BCUT2D eigenvalue weighted by Crippen LogP contribution is 2.37. The Kier molecular flexibility index (Phi) is 8.50. The smallest absolute Gasteiger partial charge is 0.333 e. The van der Waals surface area contributed by atoms with Crippen molar-refractivity contribution in [3.8, 4) is 0 Å². The highest BCUT2D eigenvalue weighted by molar-refractivity contribution is 7.14. The van der Waals surface area contributed by atoms with E-state index in [1.165, 1.54) is 4.88 Å². The number of hydrogen-bond acceptors (Lipinski definition) is 5. The predicted molar refractivity (Wildman–Crippen MR) is 140 cm³/mol. The molecule has 3 aromatic rings. The van der Waals surface area contributed by atoms with Crippen LogP contribution in [0.25, 0.3) is 0 Å². The molecule has 0 amide bonds. The van der Waals surface area contributed by atoms with Crippen LogP contribution in [0.3, 0.4) is 0 Å². The van der Waals surface area contributed by atoms with Crippen molar-refractivity contribution in [3.63, 3.8) is 0 Å². The van der Waals surface area contributed by atoms with Crippen LogP contribution in [0.4, 0.5) is 5.69 Å². The molecule has 3 fully saturated rings. The Bertz CT molecular complexity index is 1160. The molecule has 0 radical (unpaired) electrons. The maximum Gasteiger partial charge on any atom is 0.333 e. The average Bonchev–Trinajstić information content (AvgIpc) is 3.39. The number of Topliss-reactive ketones (excluding diaryl/α,β-unsaturated/α-hetero) is 1. The maximum absolute atomic E-state index is 13.5. The van der Waals surface area contributed by atoms with E-state index in [-0.39, 0.29) is 30.3 Å². The number of nitrogens with one attached hydrogen (secondary N) is 1. The van der Waals surface area contributed by atoms with Gasteiger partial charge < -0.3 is 26.9 Å². The minimum absolute atomic E-state index is 0. The minimum atomic E-state index is -0.581. The van der Waals surface area contributed by atoms with Crippen LogP contribution < -0.4 is 17.7 Å². The fraction of sp³-hybridized carbons (Fsp3) is 0.379. The van der Waals surface area contributed by atoms with Crippen molar-refractivity contribution in [2.45, 2.75) is 38.3 Å². The van der Waals surface area contributed by atoms with Crippen LogP contribution in [-0.2, 0) is 16.0 Å². The number of fused-ring (bicyclic) bond motifs is 3. The maximum atomic E-state index is 13.5. The number of benzene rings is 2. The minimum Gasteiger partial charge on any atom is -1.00 e. The monoisotopic (exact) mass is 524 g/mol. The quantitative estimate of drug-likeness (QED) is 0.265. The summed E-state index contributed by atoms with van der Waals surface area (Å²) in [6.07, 6.45) is 2.80. The number of piperidine rings is 3. The van der Waals surface area contributed by atoms with Crippen LogP contribution in [0.15, 0.2) is 72.8 Å². The van der Waals surface area contributed by atoms with E-state index in [2.05, 4.69) is 18.3 Å². The van der Waals surface area contributed by atoms with E-state index < -0.39 is 6.04 Å². The van der Waals surface area contributed by atoms with Crippen molar-refractivity contribution >= 4 is 28.8 Å². The molecule has 6 rings (SSSR count). The number of ketones is 1. The zero-order chi connectivity index (χ0) is 24.3. The number of hydrogen-bond donors (Lipinski definition) is 1. The third-order valence-electron chi connectivity index (χ3n) is 7.53. The third kappa shape index (κ3) is 5.83. The zero-order valence-corrected chi connectivity index (χ0v) is 22.1. The van der Waals surface area contributed by atoms with Gasteiger partial charge in [-0.1, -0.05) is 55.5 Å². The van der Waals surface area contributed by atoms with Crippen LogP contribution in [-0.4, -0.2) is 48.5 Å². The molecule has 1 N–H and O–H groups in total. The molecule has 5 nitrogen and oxygen atoms in total. The summed E-state index contributed by atoms with van der Waals surface area (Å²) in [7, 11) is 0. The number of quaternary nitrogens is 1. The molecular formula is C29H33ClN2O3S. The summed E-state index contributed by atoms with van der Waals surface area (Å²) in [5, 5.41) is 3.37. The molecule has 3 saturated heterocycles. The highest BCUT2D eigenvalue weighted by atomic mass is 35.5. The first-order valence-corrected chi connectivity index (χ1v) is 13.4. The van der Waals surface area contributed by atoms with E-state index in [1.54, 1.807) is 11.3 Å². The van der Waals surface area contributed by atoms with Gasteiger partial charge in [-0.15, -0.1) is 11.3 Å². The first-order chi connectivity index (χ1) is 17.0. The number of anilines is 1. The molecule has 0 saturated carbocycles. The summed E-state index contributed by atoms with van der Waals surface area (Å²) in [6, 6.07) is 23.0. The molecular weight excluding hydrogens is 492 g/mol. The van der Waals surface area contributed by atoms with Crippen molar-refractivity contribution in [1.82, 2.24) is 0 Å². The summed E-state index contributed by atoms with van der Waals surface area (Å²) < 4.78 is 6.95. The van der Waals surface area contributed by atoms with Gasteiger partial charge in [-0.05, 0) is 36.2 Å². The average molecular weight is 525 g/mol. The van der Waals surface area contributed by atoms with Gasteiger partial charge in [-0.25, -0.2) is 4.79 Å². The van der Waals surface area contributed by atoms with Crippen LogP contribution in [0.1, 0.15) is 45.9 Å². The first kappa shape index (κ1) is 26.4. The second-order valence-electron chi connectivity index (χ2n) is 9.84. The van der Waals surface area contributed by atoms with Gasteiger partial charge in [0, 0.05) is 29.3 Å². The number of para-hydroxylation sites is 1. The number of carbonyl (C=O) groups is 2. The summed E-state index contributed by atoms with van der Waals surface area (Å²) in [6.45, 7) is 5.31. The van der Waals surface area contributed by atoms with E-state index in [4.69, 9.17) is 4.74 Å². The molecule has 190 valence electrons. The Morgan fingerprint density at radius 1 is 1.00 bits per heavy atom. The van der Waals surface area contributed by atoms with Crippen molar-refractivity contribution in [2.75, 3.05) is 31.5 Å². The van der Waals surface area contributed by atoms with E-state index >= 15 is 0 Å². The number of esters is 1. The van der Waals surface area contributed by atoms with E-state index in [0.717, 1.165) is 59.5 Å². The molecule has 7 heteroatoms. The highest BCUT2D eigenvalue weighted by Gasteiger charge is 2.49. The molecule has 2 bridgehead atoms. The van der Waals surface area contributed by atoms with Crippen molar-refractivity contribution < 1.29 is 31.2 Å². The van der Waals surface area contributed by atoms with Gasteiger partial charge in [0.1, 0.15) is 13.1 Å². The molecule has 1 aromatic heterocycles. The number of rotatable bonds is 9. The van der Waals surface area contributed by atoms with E-state index in [0.29, 0.717) is 12.5 Å². The molecule has 4 heterocycles. The third-order valence-corrected chi connectivity index (χ3v) is 8.80. The molecule has 0 spiro atoms. The molecule has 2 atom stereocenters. The summed E-state index contributed by atoms with van der Waals surface area (Å²) in [4.78, 5) is 28.7. The number of ether oxygens (including phenoxy) is 1. The van der Waals surface area contributed by atoms with Crippen LogP contribution in [0.5, 0.6) is 0 Å². The fourth-order valence-electron chi connectivity index (χ4n) is 5.52. The standard InChI is InChI=1S/C29H33N2O3S.ClH/c1-2-24-13-14-27(35-24)25(32)19-31-17-15-21(16-18-31)26(20-31)34-29(33)28(22-9-5-3-6-10-22)30-23-11-7-4-8-12-23;/h3-14,21,26,28,30H,2,15-20H2,1H3;1H/q+1;/p-1/t21?,26-,28+,31?;/m0./s1. The Labute approximate surface area is 223 Å². The second kappa shape index (κ2) is 11.6. The first-order valence-electron chi connectivity index (χ1n) is 12.6. The molecule has 0 unspecified atom stereocenters. The lowest BCUT2D eigenvalue weighted by Crippen LogP contribution is -3.00. The van der Waals surface area contributed by atoms with Gasteiger partial charge in [-0.2, -0.15) is 0 Å². The van der Waals surface area contributed by atoms with Gasteiger partial charge >= 0.3 is 5.97 Å². The number of nitrogens with zero attached hydrogens (tertiary/aromatic N) is 1. The second-order valence-corrected chi connectivity index (χ2v) is 11.0. The Hall–Kier alpha value is -2.67. The fourth-order valence-corrected chi connectivity index (χ4v) is 6.40. The molecule has 3 aliphatic rings. The zero-order valence-electron chi connectivity index (χ0n) is 20.6. The van der Waals surface area contributed by atoms with Crippen molar-refractivity contribution in [3.05, 3.63) is 88.1 Å². The Balaban J connectivity index is 0.00000304. The van der Waals surface area contributed by atoms with E-state index in [9.17, 15) is 9.59 Å². The predicted octanol–water partition coefficient (Wildman–Crippen LogP) is 2.50. The van der Waals surface area contributed by atoms with Gasteiger partial charge in [0.05, 0.1) is 18.0 Å². The normalized spacial score (nSPS) is 23.4. The van der Waals surface area contributed by atoms with E-state index in [1.807, 2.05) is 66.7 Å². The lowest BCUT2D eigenvalue weighted by atomic mass is 9.83. The van der Waals surface area contributed by atoms with Gasteiger partial charge in [0.2, 0.25) is 5.78 Å². The lowest BCUT2D eigenvalue weighted by molar-refractivity contribution is -0.938. The Morgan fingerprint density at radius 2 is 1.67 bits per heavy atom. The van der Waals surface area contributed by atoms with Crippen molar-refractivity contribution in [2.24, 2.45) is 5.92 Å². The lowest BCUT2D eigenvalue weighted by Gasteiger charge is -2.51. The topological polar surface area (TPSA) is 55.4 Å². The summed E-state index contributed by atoms with van der Waals surface area (Å²) >= 11 is 1.61. The molecule has 3 aliphatic heterocycles. The number of thiophene rings is 1. The number of carbonyl (C=O) groups excluding carboxylic acids is 2. The van der Waals surface area contributed by atoms with Crippen molar-refractivity contribution in [1.29, 1.82) is 0 Å². The van der Waals surface area contributed by atoms with Gasteiger partial charge in [0.25, 0.3) is 0 Å². The SMILES string of the molecule is CCc1ccc(C(=O)C[N+]23CCC(CC2)[C@@H](OC(=O)[C@H](Nc2ccccc2)c2ccccc2)C3)s1.[Cl-]. The van der Waals surface area contributed by atoms with Gasteiger partial charge in [0.15, 0.2) is 12.1 Å². The van der Waals surface area contributed by atoms with Gasteiger partial charge in [-0.3, -0.25) is 4.79 Å². The number of aryl methyl sites for hydroxylation is 1. The van der Waals surface area contributed by atoms with Crippen LogP contribution in [0, 0.1) is 5.92 Å². The molecule has 0 aliphatic carbocycles. The summed E-state index contributed by atoms with van der Waals surface area (Å²) in [5.74, 6) is 0.331. The summed E-state index contributed by atoms with van der Waals surface area (Å²) in [5.41, 5.74) is 1.76. The van der Waals surface area contributed by atoms with Crippen LogP contribution >= 0.6 is 11.3 Å².